The van der Waals surface area contributed by atoms with Gasteiger partial charge in [-0.1, -0.05) is 32.9 Å². The predicted molar refractivity (Wildman–Crippen MR) is 155 cm³/mol. The monoisotopic (exact) mass is 564 g/mol. The highest BCUT2D eigenvalue weighted by Gasteiger charge is 2.24. The summed E-state index contributed by atoms with van der Waals surface area (Å²) in [5.74, 6) is 0.435. The summed E-state index contributed by atoms with van der Waals surface area (Å²) in [6, 6.07) is 15.6. The van der Waals surface area contributed by atoms with Crippen LogP contribution in [0, 0.1) is 0 Å². The average Bonchev–Trinajstić information content (AvgIpc) is 2.99. The molecule has 1 aliphatic rings. The zero-order valence-electron chi connectivity index (χ0n) is 23.2. The van der Waals surface area contributed by atoms with Crippen LogP contribution in [0.4, 0.5) is 11.6 Å². The summed E-state index contributed by atoms with van der Waals surface area (Å²) in [6.07, 6.45) is 2.86. The van der Waals surface area contributed by atoms with Gasteiger partial charge in [0.1, 0.15) is 0 Å². The third kappa shape index (κ3) is 6.65. The van der Waals surface area contributed by atoms with Crippen LogP contribution < -0.4 is 5.32 Å². The predicted octanol–water partition coefficient (Wildman–Crippen LogP) is 4.00. The van der Waals surface area contributed by atoms with E-state index >= 15 is 0 Å². The number of aromatic nitrogens is 2. The second-order valence-electron chi connectivity index (χ2n) is 9.52. The number of hydrogen-bond acceptors (Lipinski definition) is 7. The summed E-state index contributed by atoms with van der Waals surface area (Å²) in [4.78, 5) is 37.5. The van der Waals surface area contributed by atoms with Gasteiger partial charge in [0.15, 0.2) is 0 Å². The maximum absolute atomic E-state index is 12.9. The minimum atomic E-state index is -3.54. The number of hydrogen-bond donors (Lipinski definition) is 1. The summed E-state index contributed by atoms with van der Waals surface area (Å²) >= 11 is 0. The lowest BCUT2D eigenvalue weighted by Gasteiger charge is -2.34. The van der Waals surface area contributed by atoms with Crippen molar-refractivity contribution in [3.8, 4) is 11.3 Å². The highest BCUT2D eigenvalue weighted by Crippen LogP contribution is 2.23. The fourth-order valence-electron chi connectivity index (χ4n) is 4.61. The van der Waals surface area contributed by atoms with Crippen LogP contribution in [0.2, 0.25) is 0 Å². The van der Waals surface area contributed by atoms with Crippen molar-refractivity contribution in [1.29, 1.82) is 0 Å². The number of anilines is 2. The number of carbonyl (C=O) groups is 2. The van der Waals surface area contributed by atoms with E-state index in [9.17, 15) is 18.0 Å². The van der Waals surface area contributed by atoms with E-state index in [1.807, 2.05) is 20.8 Å². The van der Waals surface area contributed by atoms with E-state index in [1.54, 1.807) is 70.6 Å². The van der Waals surface area contributed by atoms with Gasteiger partial charge in [-0.3, -0.25) is 9.59 Å². The van der Waals surface area contributed by atoms with Crippen molar-refractivity contribution in [3.05, 3.63) is 66.4 Å². The Kier molecular flexibility index (Phi) is 9.49. The van der Waals surface area contributed by atoms with Crippen molar-refractivity contribution in [2.24, 2.45) is 0 Å². The number of amides is 2. The van der Waals surface area contributed by atoms with Crippen LogP contribution >= 0.6 is 0 Å². The first-order valence-corrected chi connectivity index (χ1v) is 15.1. The molecule has 0 saturated carbocycles. The Balaban J connectivity index is 1.40. The van der Waals surface area contributed by atoms with E-state index < -0.39 is 10.0 Å². The lowest BCUT2D eigenvalue weighted by molar-refractivity contribution is -0.132. The second-order valence-corrected chi connectivity index (χ2v) is 11.5. The van der Waals surface area contributed by atoms with Crippen molar-refractivity contribution >= 4 is 33.5 Å². The molecule has 212 valence electrons. The fraction of sp³-hybridized carbons (Fsp3) is 0.379. The molecule has 1 aliphatic heterocycles. The molecule has 0 atom stereocenters. The Hall–Kier alpha value is -3.83. The highest BCUT2D eigenvalue weighted by atomic mass is 32.2. The Bertz CT molecular complexity index is 1420. The Morgan fingerprint density at radius 3 is 2.15 bits per heavy atom. The largest absolute Gasteiger partial charge is 0.339 e. The summed E-state index contributed by atoms with van der Waals surface area (Å²) in [7, 11) is -3.54. The molecule has 1 N–H and O–H groups in total. The van der Waals surface area contributed by atoms with Gasteiger partial charge in [-0.2, -0.15) is 4.31 Å². The molecule has 0 spiro atoms. The number of carbonyl (C=O) groups excluding carboxylic acids is 2. The van der Waals surface area contributed by atoms with Crippen molar-refractivity contribution < 1.29 is 18.0 Å². The molecule has 40 heavy (non-hydrogen) atoms. The maximum atomic E-state index is 12.9. The first-order chi connectivity index (χ1) is 19.3. The van der Waals surface area contributed by atoms with Gasteiger partial charge in [0.25, 0.3) is 5.91 Å². The van der Waals surface area contributed by atoms with E-state index in [-0.39, 0.29) is 16.7 Å². The SMILES string of the molecule is CCCN(CC)S(=O)(=O)c1ccc(-c2ccnc(Nc3ccc(C(=O)N4CCN(C(=O)CC)CC4)cc3)n2)cc1. The number of nitrogens with zero attached hydrogens (tertiary/aromatic N) is 5. The minimum absolute atomic E-state index is 0.0596. The minimum Gasteiger partial charge on any atom is -0.339 e. The van der Waals surface area contributed by atoms with Crippen LogP contribution in [-0.4, -0.2) is 83.6 Å². The molecule has 0 unspecified atom stereocenters. The maximum Gasteiger partial charge on any atom is 0.253 e. The molecule has 1 aromatic heterocycles. The molecular formula is C29H36N6O4S. The normalized spacial score (nSPS) is 13.9. The third-order valence-electron chi connectivity index (χ3n) is 6.88. The molecule has 1 saturated heterocycles. The molecule has 2 amide bonds. The second kappa shape index (κ2) is 13.0. The van der Waals surface area contributed by atoms with E-state index in [1.165, 1.54) is 4.31 Å². The van der Waals surface area contributed by atoms with Crippen LogP contribution in [0.15, 0.2) is 65.7 Å². The molecule has 0 aliphatic carbocycles. The van der Waals surface area contributed by atoms with Crippen LogP contribution in [0.1, 0.15) is 44.0 Å². The first kappa shape index (κ1) is 29.2. The summed E-state index contributed by atoms with van der Waals surface area (Å²) in [5, 5.41) is 3.16. The molecule has 0 radical (unpaired) electrons. The van der Waals surface area contributed by atoms with Gasteiger partial charge in [-0.25, -0.2) is 18.4 Å². The molecule has 4 rings (SSSR count). The number of nitrogens with one attached hydrogen (secondary N) is 1. The standard InChI is InChI=1S/C29H36N6O4S/c1-4-17-35(6-3)40(38,39)25-13-9-22(10-14-25)26-15-16-30-29(32-26)31-24-11-7-23(8-12-24)28(37)34-20-18-33(19-21-34)27(36)5-2/h7-16H,4-6,17-21H2,1-3H3,(H,30,31,32). The van der Waals surface area contributed by atoms with Crippen molar-refractivity contribution in [3.63, 3.8) is 0 Å². The zero-order chi connectivity index (χ0) is 28.7. The molecule has 10 nitrogen and oxygen atoms in total. The summed E-state index contributed by atoms with van der Waals surface area (Å²) in [6.45, 7) is 8.69. The van der Waals surface area contributed by atoms with Gasteiger partial charge in [0.2, 0.25) is 21.9 Å². The lowest BCUT2D eigenvalue weighted by atomic mass is 10.1. The molecule has 2 heterocycles. The van der Waals surface area contributed by atoms with Crippen molar-refractivity contribution in [2.45, 2.75) is 38.5 Å². The number of piperazine rings is 1. The van der Waals surface area contributed by atoms with E-state index in [4.69, 9.17) is 0 Å². The van der Waals surface area contributed by atoms with Crippen LogP contribution in [0.5, 0.6) is 0 Å². The highest BCUT2D eigenvalue weighted by molar-refractivity contribution is 7.89. The number of benzene rings is 2. The van der Waals surface area contributed by atoms with Crippen LogP contribution in [-0.2, 0) is 14.8 Å². The van der Waals surface area contributed by atoms with Crippen molar-refractivity contribution in [2.75, 3.05) is 44.6 Å². The fourth-order valence-corrected chi connectivity index (χ4v) is 6.16. The van der Waals surface area contributed by atoms with Crippen LogP contribution in [0.3, 0.4) is 0 Å². The first-order valence-electron chi connectivity index (χ1n) is 13.6. The van der Waals surface area contributed by atoms with Crippen molar-refractivity contribution in [1.82, 2.24) is 24.1 Å². The quantitative estimate of drug-likeness (QED) is 0.396. The molecule has 3 aromatic rings. The van der Waals surface area contributed by atoms with Gasteiger partial charge in [0.05, 0.1) is 10.6 Å². The summed E-state index contributed by atoms with van der Waals surface area (Å²) in [5.41, 5.74) is 2.72. The summed E-state index contributed by atoms with van der Waals surface area (Å²) < 4.78 is 27.3. The Labute approximate surface area is 236 Å². The lowest BCUT2D eigenvalue weighted by Crippen LogP contribution is -2.50. The zero-order valence-corrected chi connectivity index (χ0v) is 24.0. The van der Waals surface area contributed by atoms with E-state index in [0.717, 1.165) is 17.7 Å². The topological polar surface area (TPSA) is 116 Å². The Morgan fingerprint density at radius 1 is 0.900 bits per heavy atom. The molecule has 11 heteroatoms. The van der Waals surface area contributed by atoms with E-state index in [2.05, 4.69) is 15.3 Å². The number of sulfonamides is 1. The molecule has 2 aromatic carbocycles. The number of rotatable bonds is 10. The van der Waals surface area contributed by atoms with Gasteiger partial charge in [-0.15, -0.1) is 0 Å². The Morgan fingerprint density at radius 2 is 1.55 bits per heavy atom. The third-order valence-corrected chi connectivity index (χ3v) is 8.87. The smallest absolute Gasteiger partial charge is 0.253 e. The van der Waals surface area contributed by atoms with E-state index in [0.29, 0.717) is 62.9 Å². The average molecular weight is 565 g/mol. The van der Waals surface area contributed by atoms with Gasteiger partial charge < -0.3 is 15.1 Å². The van der Waals surface area contributed by atoms with Gasteiger partial charge >= 0.3 is 0 Å². The molecule has 0 bridgehead atoms. The van der Waals surface area contributed by atoms with Gasteiger partial charge in [-0.05, 0) is 48.9 Å². The van der Waals surface area contributed by atoms with Crippen LogP contribution in [0.25, 0.3) is 11.3 Å². The van der Waals surface area contributed by atoms with Gasteiger partial charge in [0, 0.05) is 68.7 Å². The molecule has 1 fully saturated rings. The molecular weight excluding hydrogens is 528 g/mol.